The van der Waals surface area contributed by atoms with Gasteiger partial charge in [-0.15, -0.1) is 11.3 Å². The van der Waals surface area contributed by atoms with Gasteiger partial charge >= 0.3 is 0 Å². The van der Waals surface area contributed by atoms with Gasteiger partial charge in [0.25, 0.3) is 0 Å². The first-order valence-electron chi connectivity index (χ1n) is 5.68. The Morgan fingerprint density at radius 3 is 3.13 bits per heavy atom. The fourth-order valence-corrected chi connectivity index (χ4v) is 3.93. The number of hydrogen-bond donors (Lipinski definition) is 1. The zero-order valence-corrected chi connectivity index (χ0v) is 11.7. The monoisotopic (exact) mass is 287 g/mol. The van der Waals surface area contributed by atoms with Crippen LogP contribution in [0.2, 0.25) is 0 Å². The van der Waals surface area contributed by atoms with Crippen LogP contribution in [0.1, 0.15) is 43.2 Å². The van der Waals surface area contributed by atoms with Crippen LogP contribution in [-0.2, 0) is 6.42 Å². The van der Waals surface area contributed by atoms with Gasteiger partial charge in [-0.3, -0.25) is 0 Å². The van der Waals surface area contributed by atoms with Crippen molar-refractivity contribution in [1.29, 1.82) is 0 Å². The van der Waals surface area contributed by atoms with Crippen molar-refractivity contribution < 1.29 is 0 Å². The summed E-state index contributed by atoms with van der Waals surface area (Å²) in [5.74, 6) is 0.734. The molecule has 1 N–H and O–H groups in total. The lowest BCUT2D eigenvalue weighted by Crippen LogP contribution is -2.27. The van der Waals surface area contributed by atoms with E-state index in [2.05, 4.69) is 41.2 Å². The number of nitrogens with one attached hydrogen (secondary N) is 1. The standard InChI is InChI=1S/C12H18BrNS/c1-8(2)7-14-10-4-3-5-11-9(10)6-12(13)15-11/h6,8,10,14H,3-5,7H2,1-2H3. The summed E-state index contributed by atoms with van der Waals surface area (Å²) in [6.45, 7) is 5.65. The van der Waals surface area contributed by atoms with Crippen LogP contribution >= 0.6 is 27.3 Å². The fraction of sp³-hybridized carbons (Fsp3) is 0.667. The van der Waals surface area contributed by atoms with Gasteiger partial charge in [-0.1, -0.05) is 13.8 Å². The Labute approximate surface area is 104 Å². The van der Waals surface area contributed by atoms with E-state index in [1.54, 1.807) is 10.4 Å². The predicted molar refractivity (Wildman–Crippen MR) is 70.5 cm³/mol. The summed E-state index contributed by atoms with van der Waals surface area (Å²) in [5.41, 5.74) is 1.54. The zero-order valence-electron chi connectivity index (χ0n) is 9.35. The van der Waals surface area contributed by atoms with Crippen molar-refractivity contribution in [2.24, 2.45) is 5.92 Å². The Hall–Kier alpha value is 0.140. The predicted octanol–water partition coefficient (Wildman–Crippen LogP) is 4.13. The molecule has 1 aliphatic rings. The molecule has 0 saturated carbocycles. The molecule has 0 bridgehead atoms. The molecule has 0 aliphatic heterocycles. The van der Waals surface area contributed by atoms with Crippen molar-refractivity contribution in [3.05, 3.63) is 20.3 Å². The minimum absolute atomic E-state index is 0.596. The van der Waals surface area contributed by atoms with Gasteiger partial charge in [0.15, 0.2) is 0 Å². The van der Waals surface area contributed by atoms with E-state index in [0.29, 0.717) is 6.04 Å². The van der Waals surface area contributed by atoms with Crippen molar-refractivity contribution in [2.45, 2.75) is 39.2 Å². The second kappa shape index (κ2) is 4.98. The third-order valence-electron chi connectivity index (χ3n) is 2.86. The van der Waals surface area contributed by atoms with E-state index in [0.717, 1.165) is 12.5 Å². The molecule has 0 fully saturated rings. The molecule has 1 nitrogen and oxygen atoms in total. The van der Waals surface area contributed by atoms with Crippen molar-refractivity contribution in [3.8, 4) is 0 Å². The Morgan fingerprint density at radius 2 is 2.40 bits per heavy atom. The van der Waals surface area contributed by atoms with Gasteiger partial charge < -0.3 is 5.32 Å². The highest BCUT2D eigenvalue weighted by Crippen LogP contribution is 2.37. The van der Waals surface area contributed by atoms with Crippen LogP contribution in [0.4, 0.5) is 0 Å². The van der Waals surface area contributed by atoms with Crippen molar-refractivity contribution >= 4 is 27.3 Å². The molecule has 1 atom stereocenters. The largest absolute Gasteiger partial charge is 0.310 e. The highest BCUT2D eigenvalue weighted by molar-refractivity contribution is 9.11. The second-order valence-electron chi connectivity index (χ2n) is 4.68. The summed E-state index contributed by atoms with van der Waals surface area (Å²) in [7, 11) is 0. The summed E-state index contributed by atoms with van der Waals surface area (Å²) in [4.78, 5) is 1.58. The van der Waals surface area contributed by atoms with Crippen LogP contribution < -0.4 is 5.32 Å². The molecule has 3 heteroatoms. The molecule has 84 valence electrons. The average molecular weight is 288 g/mol. The maximum atomic E-state index is 3.68. The lowest BCUT2D eigenvalue weighted by molar-refractivity contribution is 0.429. The lowest BCUT2D eigenvalue weighted by Gasteiger charge is -2.24. The molecule has 0 amide bonds. The highest BCUT2D eigenvalue weighted by atomic mass is 79.9. The van der Waals surface area contributed by atoms with Crippen LogP contribution in [0.5, 0.6) is 0 Å². The average Bonchev–Trinajstić information content (AvgIpc) is 2.55. The molecule has 1 unspecified atom stereocenters. The SMILES string of the molecule is CC(C)CNC1CCCc2sc(Br)cc21. The first-order chi connectivity index (χ1) is 7.16. The highest BCUT2D eigenvalue weighted by Gasteiger charge is 2.22. The second-order valence-corrected chi connectivity index (χ2v) is 7.19. The molecule has 0 spiro atoms. The zero-order chi connectivity index (χ0) is 10.8. The van der Waals surface area contributed by atoms with Gasteiger partial charge in [0.2, 0.25) is 0 Å². The number of aryl methyl sites for hydroxylation is 1. The van der Waals surface area contributed by atoms with Crippen molar-refractivity contribution in [2.75, 3.05) is 6.54 Å². The molecule has 1 aromatic rings. The van der Waals surface area contributed by atoms with Gasteiger partial charge in [0.1, 0.15) is 0 Å². The van der Waals surface area contributed by atoms with E-state index in [1.165, 1.54) is 23.0 Å². The minimum Gasteiger partial charge on any atom is -0.310 e. The summed E-state index contributed by atoms with van der Waals surface area (Å²) in [6, 6.07) is 2.90. The van der Waals surface area contributed by atoms with E-state index >= 15 is 0 Å². The van der Waals surface area contributed by atoms with Gasteiger partial charge in [-0.25, -0.2) is 0 Å². The summed E-state index contributed by atoms with van der Waals surface area (Å²) in [6.07, 6.45) is 3.89. The van der Waals surface area contributed by atoms with E-state index in [1.807, 2.05) is 11.3 Å². The Bertz CT molecular complexity index is 332. The summed E-state index contributed by atoms with van der Waals surface area (Å²) in [5, 5.41) is 3.68. The normalized spacial score (nSPS) is 20.7. The smallest absolute Gasteiger partial charge is 0.0704 e. The molecular weight excluding hydrogens is 270 g/mol. The van der Waals surface area contributed by atoms with Crippen LogP contribution in [0.15, 0.2) is 9.85 Å². The van der Waals surface area contributed by atoms with Crippen LogP contribution in [0.3, 0.4) is 0 Å². The number of rotatable bonds is 3. The van der Waals surface area contributed by atoms with Crippen LogP contribution in [0.25, 0.3) is 0 Å². The Morgan fingerprint density at radius 1 is 1.60 bits per heavy atom. The van der Waals surface area contributed by atoms with Gasteiger partial charge in [-0.05, 0) is 59.3 Å². The van der Waals surface area contributed by atoms with Gasteiger partial charge in [0.05, 0.1) is 3.79 Å². The Kier molecular flexibility index (Phi) is 3.86. The molecule has 0 radical (unpaired) electrons. The molecule has 1 aliphatic carbocycles. The molecule has 15 heavy (non-hydrogen) atoms. The first-order valence-corrected chi connectivity index (χ1v) is 7.29. The maximum Gasteiger partial charge on any atom is 0.0704 e. The topological polar surface area (TPSA) is 12.0 Å². The number of fused-ring (bicyclic) bond motifs is 1. The summed E-state index contributed by atoms with van der Waals surface area (Å²) < 4.78 is 1.28. The molecule has 2 rings (SSSR count). The number of thiophene rings is 1. The van der Waals surface area contributed by atoms with Crippen LogP contribution in [-0.4, -0.2) is 6.54 Å². The fourth-order valence-electron chi connectivity index (χ4n) is 2.11. The summed E-state index contributed by atoms with van der Waals surface area (Å²) >= 11 is 5.50. The van der Waals surface area contributed by atoms with E-state index in [9.17, 15) is 0 Å². The van der Waals surface area contributed by atoms with E-state index in [-0.39, 0.29) is 0 Å². The quantitative estimate of drug-likeness (QED) is 0.881. The minimum atomic E-state index is 0.596. The maximum absolute atomic E-state index is 3.68. The number of hydrogen-bond acceptors (Lipinski definition) is 2. The number of halogens is 1. The Balaban J connectivity index is 2.08. The first kappa shape index (κ1) is 11.6. The lowest BCUT2D eigenvalue weighted by atomic mass is 9.94. The molecule has 1 aromatic heterocycles. The van der Waals surface area contributed by atoms with Gasteiger partial charge in [0, 0.05) is 10.9 Å². The van der Waals surface area contributed by atoms with Crippen LogP contribution in [0, 0.1) is 5.92 Å². The van der Waals surface area contributed by atoms with Crippen molar-refractivity contribution in [1.82, 2.24) is 5.32 Å². The molecule has 1 heterocycles. The van der Waals surface area contributed by atoms with E-state index < -0.39 is 0 Å². The van der Waals surface area contributed by atoms with E-state index in [4.69, 9.17) is 0 Å². The molecule has 0 aromatic carbocycles. The van der Waals surface area contributed by atoms with Crippen molar-refractivity contribution in [3.63, 3.8) is 0 Å². The molecule has 0 saturated heterocycles. The van der Waals surface area contributed by atoms with Gasteiger partial charge in [-0.2, -0.15) is 0 Å². The third kappa shape index (κ3) is 2.83. The third-order valence-corrected chi connectivity index (χ3v) is 4.57. The molecular formula is C12H18BrNS.